The summed E-state index contributed by atoms with van der Waals surface area (Å²) < 4.78 is 6.68. The van der Waals surface area contributed by atoms with Crippen molar-refractivity contribution >= 4 is 50.8 Å². The molecule has 8 heteroatoms. The number of hydrogen-bond donors (Lipinski definition) is 2. The van der Waals surface area contributed by atoms with E-state index < -0.39 is 0 Å². The molecular weight excluding hydrogens is 538 g/mol. The summed E-state index contributed by atoms with van der Waals surface area (Å²) in [5, 5.41) is 5.87. The molecule has 0 aliphatic carbocycles. The average molecular weight is 567 g/mol. The zero-order valence-electron chi connectivity index (χ0n) is 19.8. The zero-order valence-corrected chi connectivity index (χ0v) is 22.2. The Morgan fingerprint density at radius 3 is 2.50 bits per heavy atom. The first-order valence-electron chi connectivity index (χ1n) is 12.0. The molecule has 1 heterocycles. The van der Waals surface area contributed by atoms with Crippen molar-refractivity contribution in [3.8, 4) is 5.75 Å². The summed E-state index contributed by atoms with van der Waals surface area (Å²) in [6, 6.07) is 22.5. The van der Waals surface area contributed by atoms with E-state index in [0.29, 0.717) is 29.2 Å². The fraction of sp³-hybridized carbons (Fsp3) is 0.250. The first-order chi connectivity index (χ1) is 17.5. The molecular formula is C28H28BrN3O3S. The van der Waals surface area contributed by atoms with Crippen LogP contribution in [0.3, 0.4) is 0 Å². The van der Waals surface area contributed by atoms with E-state index in [4.69, 9.17) is 17.0 Å². The molecule has 0 spiro atoms. The smallest absolute Gasteiger partial charge is 0.261 e. The van der Waals surface area contributed by atoms with Gasteiger partial charge >= 0.3 is 0 Å². The van der Waals surface area contributed by atoms with Crippen LogP contribution in [0, 0.1) is 0 Å². The molecule has 3 aromatic rings. The first kappa shape index (κ1) is 25.9. The van der Waals surface area contributed by atoms with Gasteiger partial charge in [0.25, 0.3) is 11.8 Å². The highest BCUT2D eigenvalue weighted by Crippen LogP contribution is 2.24. The van der Waals surface area contributed by atoms with Gasteiger partial charge in [-0.15, -0.1) is 0 Å². The number of hydrogen-bond acceptors (Lipinski definition) is 4. The van der Waals surface area contributed by atoms with Crippen molar-refractivity contribution in [2.75, 3.05) is 25.0 Å². The van der Waals surface area contributed by atoms with E-state index in [1.807, 2.05) is 47.4 Å². The number of nitrogens with one attached hydrogen (secondary N) is 2. The molecule has 1 fully saturated rings. The average Bonchev–Trinajstić information content (AvgIpc) is 2.90. The molecule has 0 saturated carbocycles. The molecule has 1 aliphatic heterocycles. The van der Waals surface area contributed by atoms with Crippen molar-refractivity contribution < 1.29 is 14.3 Å². The number of halogens is 1. The number of thiocarbonyl (C=S) groups is 1. The Morgan fingerprint density at radius 2 is 1.72 bits per heavy atom. The van der Waals surface area contributed by atoms with Gasteiger partial charge < -0.3 is 15.0 Å². The van der Waals surface area contributed by atoms with Crippen LogP contribution in [0.2, 0.25) is 0 Å². The number of nitrogens with zero attached hydrogens (tertiary/aromatic N) is 1. The van der Waals surface area contributed by atoms with Gasteiger partial charge in [-0.25, -0.2) is 0 Å². The summed E-state index contributed by atoms with van der Waals surface area (Å²) in [4.78, 5) is 27.7. The lowest BCUT2D eigenvalue weighted by molar-refractivity contribution is 0.0724. The second-order valence-electron chi connectivity index (χ2n) is 8.57. The van der Waals surface area contributed by atoms with Gasteiger partial charge in [-0.05, 0) is 73.4 Å². The van der Waals surface area contributed by atoms with Crippen molar-refractivity contribution in [2.24, 2.45) is 0 Å². The Bertz CT molecular complexity index is 1230. The van der Waals surface area contributed by atoms with E-state index in [1.165, 1.54) is 0 Å². The fourth-order valence-corrected chi connectivity index (χ4v) is 4.64. The number of benzene rings is 3. The fourth-order valence-electron chi connectivity index (χ4n) is 4.07. The minimum Gasteiger partial charge on any atom is -0.492 e. The van der Waals surface area contributed by atoms with Gasteiger partial charge in [0.1, 0.15) is 5.75 Å². The van der Waals surface area contributed by atoms with Crippen LogP contribution in [0.25, 0.3) is 0 Å². The van der Waals surface area contributed by atoms with Crippen LogP contribution < -0.4 is 15.4 Å². The molecule has 0 bridgehead atoms. The number of ether oxygens (including phenoxy) is 1. The molecule has 1 saturated heterocycles. The Hall–Kier alpha value is -3.23. The van der Waals surface area contributed by atoms with Crippen LogP contribution in [0.4, 0.5) is 5.69 Å². The summed E-state index contributed by atoms with van der Waals surface area (Å²) >= 11 is 8.81. The number of anilines is 1. The number of amides is 2. The maximum atomic E-state index is 13.0. The number of piperidine rings is 1. The molecule has 0 radical (unpaired) electrons. The molecule has 3 aromatic carbocycles. The summed E-state index contributed by atoms with van der Waals surface area (Å²) in [6.07, 6.45) is 3.96. The highest BCUT2D eigenvalue weighted by Gasteiger charge is 2.19. The summed E-state index contributed by atoms with van der Waals surface area (Å²) in [6.45, 7) is 2.01. The molecule has 186 valence electrons. The SMILES string of the molecule is O=C(NC(=S)Nc1cccc(C(=O)N2CCCCC2)c1)c1cc(Br)ccc1OCCc1ccccc1. The number of likely N-dealkylation sites (tertiary alicyclic amines) is 1. The monoisotopic (exact) mass is 565 g/mol. The van der Waals surface area contributed by atoms with E-state index in [1.54, 1.807) is 30.3 Å². The van der Waals surface area contributed by atoms with Gasteiger partial charge in [-0.1, -0.05) is 52.3 Å². The largest absolute Gasteiger partial charge is 0.492 e. The highest BCUT2D eigenvalue weighted by molar-refractivity contribution is 9.10. The standard InChI is InChI=1S/C28H28BrN3O3S/c29-22-12-13-25(35-17-14-20-8-3-1-4-9-20)24(19-22)26(33)31-28(36)30-23-11-7-10-21(18-23)27(34)32-15-5-2-6-16-32/h1,3-4,7-13,18-19H,2,5-6,14-17H2,(H2,30,31,33,36). The zero-order chi connectivity index (χ0) is 25.3. The normalized spacial score (nSPS) is 13.1. The highest BCUT2D eigenvalue weighted by atomic mass is 79.9. The van der Waals surface area contributed by atoms with Crippen molar-refractivity contribution in [2.45, 2.75) is 25.7 Å². The van der Waals surface area contributed by atoms with Crippen molar-refractivity contribution in [1.82, 2.24) is 10.2 Å². The van der Waals surface area contributed by atoms with E-state index in [-0.39, 0.29) is 16.9 Å². The predicted octanol–water partition coefficient (Wildman–Crippen LogP) is 5.82. The van der Waals surface area contributed by atoms with Crippen molar-refractivity contribution in [3.05, 3.63) is 94.0 Å². The Kier molecular flexibility index (Phi) is 9.08. The quantitative estimate of drug-likeness (QED) is 0.353. The number of carbonyl (C=O) groups is 2. The lowest BCUT2D eigenvalue weighted by Gasteiger charge is -2.26. The second-order valence-corrected chi connectivity index (χ2v) is 9.89. The third-order valence-electron chi connectivity index (χ3n) is 5.92. The van der Waals surface area contributed by atoms with Gasteiger partial charge in [-0.2, -0.15) is 0 Å². The minimum atomic E-state index is -0.385. The van der Waals surface area contributed by atoms with Crippen LogP contribution in [0.15, 0.2) is 77.3 Å². The third-order valence-corrected chi connectivity index (χ3v) is 6.61. The van der Waals surface area contributed by atoms with E-state index >= 15 is 0 Å². The van der Waals surface area contributed by atoms with Gasteiger partial charge in [-0.3, -0.25) is 14.9 Å². The topological polar surface area (TPSA) is 70.7 Å². The lowest BCUT2D eigenvalue weighted by atomic mass is 10.1. The molecule has 0 unspecified atom stereocenters. The van der Waals surface area contributed by atoms with E-state index in [2.05, 4.69) is 26.6 Å². The van der Waals surface area contributed by atoms with E-state index in [0.717, 1.165) is 48.8 Å². The molecule has 2 N–H and O–H groups in total. The molecule has 2 amide bonds. The summed E-state index contributed by atoms with van der Waals surface area (Å²) in [7, 11) is 0. The summed E-state index contributed by atoms with van der Waals surface area (Å²) in [5.74, 6) is 0.104. The van der Waals surface area contributed by atoms with Crippen LogP contribution in [-0.2, 0) is 6.42 Å². The van der Waals surface area contributed by atoms with Crippen molar-refractivity contribution in [1.29, 1.82) is 0 Å². The maximum Gasteiger partial charge on any atom is 0.261 e. The van der Waals surface area contributed by atoms with Crippen LogP contribution in [-0.4, -0.2) is 41.5 Å². The van der Waals surface area contributed by atoms with Crippen molar-refractivity contribution in [3.63, 3.8) is 0 Å². The Morgan fingerprint density at radius 1 is 0.944 bits per heavy atom. The van der Waals surface area contributed by atoms with Gasteiger partial charge in [0.15, 0.2) is 5.11 Å². The van der Waals surface area contributed by atoms with Crippen LogP contribution in [0.1, 0.15) is 45.5 Å². The van der Waals surface area contributed by atoms with Gasteiger partial charge in [0.05, 0.1) is 12.2 Å². The molecule has 36 heavy (non-hydrogen) atoms. The molecule has 0 aromatic heterocycles. The van der Waals surface area contributed by atoms with Gasteiger partial charge in [0, 0.05) is 35.2 Å². The lowest BCUT2D eigenvalue weighted by Crippen LogP contribution is -2.36. The number of rotatable bonds is 7. The van der Waals surface area contributed by atoms with Crippen LogP contribution >= 0.6 is 28.1 Å². The molecule has 1 aliphatic rings. The third kappa shape index (κ3) is 7.15. The second kappa shape index (κ2) is 12.6. The minimum absolute atomic E-state index is 0.0136. The Balaban J connectivity index is 1.37. The maximum absolute atomic E-state index is 13.0. The predicted molar refractivity (Wildman–Crippen MR) is 150 cm³/mol. The molecule has 4 rings (SSSR count). The van der Waals surface area contributed by atoms with Crippen LogP contribution in [0.5, 0.6) is 5.75 Å². The molecule has 6 nitrogen and oxygen atoms in total. The summed E-state index contributed by atoms with van der Waals surface area (Å²) in [5.41, 5.74) is 2.76. The number of carbonyl (C=O) groups excluding carboxylic acids is 2. The van der Waals surface area contributed by atoms with E-state index in [9.17, 15) is 9.59 Å². The first-order valence-corrected chi connectivity index (χ1v) is 13.2. The Labute approximate surface area is 225 Å². The molecule has 0 atom stereocenters. The van der Waals surface area contributed by atoms with Gasteiger partial charge in [0.2, 0.25) is 0 Å².